The van der Waals surface area contributed by atoms with Gasteiger partial charge in [-0.05, 0) is 29.7 Å². The minimum absolute atomic E-state index is 0.0920. The number of ketones is 1. The molecule has 0 aliphatic rings. The zero-order valence-electron chi connectivity index (χ0n) is 10.2. The quantitative estimate of drug-likeness (QED) is 0.500. The minimum Gasteiger partial charge on any atom is -0.508 e. The maximum Gasteiger partial charge on any atom is 0.173 e. The van der Waals surface area contributed by atoms with Crippen molar-refractivity contribution in [1.82, 2.24) is 0 Å². The Balaban J connectivity index is 2.24. The summed E-state index contributed by atoms with van der Waals surface area (Å²) in [6, 6.07) is 14.7. The molecular weight excluding hydrogens is 276 g/mol. The lowest BCUT2D eigenvalue weighted by Gasteiger charge is -2.08. The molecule has 0 saturated carbocycles. The van der Waals surface area contributed by atoms with E-state index < -0.39 is 0 Å². The van der Waals surface area contributed by atoms with Crippen molar-refractivity contribution in [3.63, 3.8) is 0 Å². The van der Waals surface area contributed by atoms with Gasteiger partial charge in [-0.1, -0.05) is 47.2 Å². The fourth-order valence-electron chi connectivity index (χ4n) is 1.92. The molecule has 0 radical (unpaired) electrons. The average Bonchev–Trinajstić information content (AvgIpc) is 2.42. The van der Waals surface area contributed by atoms with E-state index in [1.807, 2.05) is 36.4 Å². The van der Waals surface area contributed by atoms with E-state index in [-0.39, 0.29) is 11.5 Å². The van der Waals surface area contributed by atoms with Crippen molar-refractivity contribution in [1.29, 1.82) is 0 Å². The van der Waals surface area contributed by atoms with Gasteiger partial charge < -0.3 is 5.11 Å². The molecule has 1 N–H and O–H groups in total. The second-order valence-electron chi connectivity index (χ2n) is 4.20. The van der Waals surface area contributed by atoms with E-state index in [4.69, 9.17) is 0 Å². The summed E-state index contributed by atoms with van der Waals surface area (Å²) < 4.78 is 0. The third kappa shape index (κ3) is 3.78. The van der Waals surface area contributed by atoms with Gasteiger partial charge in [0.15, 0.2) is 5.78 Å². The molecule has 0 fully saturated rings. The van der Waals surface area contributed by atoms with Gasteiger partial charge in [-0.25, -0.2) is 0 Å². The van der Waals surface area contributed by atoms with Crippen LogP contribution >= 0.6 is 22.5 Å². The number of hydrogen-bond donors (Lipinski definition) is 2. The largest absolute Gasteiger partial charge is 0.508 e. The number of benzene rings is 2. The van der Waals surface area contributed by atoms with Crippen molar-refractivity contribution < 1.29 is 9.90 Å². The minimum atomic E-state index is 0.0920. The fraction of sp³-hybridized carbons (Fsp3) is 0.133. The first-order valence-electron chi connectivity index (χ1n) is 5.86. The smallest absolute Gasteiger partial charge is 0.173 e. The van der Waals surface area contributed by atoms with E-state index in [1.165, 1.54) is 10.8 Å². The van der Waals surface area contributed by atoms with E-state index in [0.717, 1.165) is 16.7 Å². The fourth-order valence-corrected chi connectivity index (χ4v) is 2.54. The molecule has 0 saturated heterocycles. The normalized spacial score (nSPS) is 10.4. The topological polar surface area (TPSA) is 37.3 Å². The Morgan fingerprint density at radius 1 is 1.11 bits per heavy atom. The Kier molecular flexibility index (Phi) is 4.93. The number of thiol groups is 1. The second-order valence-corrected chi connectivity index (χ2v) is 5.52. The van der Waals surface area contributed by atoms with Crippen LogP contribution in [0.4, 0.5) is 0 Å². The average molecular weight is 290 g/mol. The number of Topliss-reactive ketones (excluding diaryl/α,β-unsaturated/α-hetero) is 1. The molecule has 0 heterocycles. The zero-order chi connectivity index (χ0) is 13.7. The number of phenols is 1. The van der Waals surface area contributed by atoms with Crippen molar-refractivity contribution >= 4 is 28.2 Å². The number of carbonyl (C=O) groups excluding carboxylic acids is 1. The lowest BCUT2D eigenvalue weighted by molar-refractivity contribution is 0.102. The van der Waals surface area contributed by atoms with Gasteiger partial charge in [-0.15, -0.1) is 11.7 Å². The van der Waals surface area contributed by atoms with E-state index in [0.29, 0.717) is 12.2 Å². The van der Waals surface area contributed by atoms with Crippen LogP contribution in [0.2, 0.25) is 0 Å². The molecule has 0 spiro atoms. The Labute approximate surface area is 121 Å². The summed E-state index contributed by atoms with van der Waals surface area (Å²) in [5.74, 6) is 0.712. The molecule has 98 valence electrons. The predicted molar refractivity (Wildman–Crippen MR) is 83.1 cm³/mol. The number of rotatable bonds is 5. The van der Waals surface area contributed by atoms with Crippen molar-refractivity contribution in [3.8, 4) is 5.75 Å². The lowest BCUT2D eigenvalue weighted by Crippen LogP contribution is -2.06. The van der Waals surface area contributed by atoms with Gasteiger partial charge in [0.25, 0.3) is 0 Å². The highest BCUT2D eigenvalue weighted by atomic mass is 33.1. The molecule has 0 amide bonds. The zero-order valence-corrected chi connectivity index (χ0v) is 12.0. The molecule has 2 aromatic carbocycles. The molecule has 19 heavy (non-hydrogen) atoms. The van der Waals surface area contributed by atoms with Gasteiger partial charge in [0.05, 0.1) is 5.75 Å². The van der Waals surface area contributed by atoms with Crippen LogP contribution in [-0.4, -0.2) is 16.6 Å². The van der Waals surface area contributed by atoms with Gasteiger partial charge in [0.1, 0.15) is 5.75 Å². The van der Waals surface area contributed by atoms with Crippen molar-refractivity contribution in [2.75, 3.05) is 5.75 Å². The molecule has 0 aromatic heterocycles. The highest BCUT2D eigenvalue weighted by Crippen LogP contribution is 2.19. The summed E-state index contributed by atoms with van der Waals surface area (Å²) in [6.07, 6.45) is 0.680. The summed E-state index contributed by atoms with van der Waals surface area (Å²) in [7, 11) is 1.23. The van der Waals surface area contributed by atoms with Crippen LogP contribution in [0.5, 0.6) is 5.75 Å². The SMILES string of the molecule is O=C(CSS)c1ccccc1Cc1ccc(O)cc1. The van der Waals surface area contributed by atoms with E-state index in [1.54, 1.807) is 12.1 Å². The Morgan fingerprint density at radius 3 is 2.47 bits per heavy atom. The monoisotopic (exact) mass is 290 g/mol. The second kappa shape index (κ2) is 6.68. The molecule has 4 heteroatoms. The highest BCUT2D eigenvalue weighted by Gasteiger charge is 2.10. The molecule has 0 bridgehead atoms. The van der Waals surface area contributed by atoms with Crippen LogP contribution in [0, 0.1) is 0 Å². The van der Waals surface area contributed by atoms with Crippen molar-refractivity contribution in [2.24, 2.45) is 0 Å². The summed E-state index contributed by atoms with van der Waals surface area (Å²) in [4.78, 5) is 12.0. The first kappa shape index (κ1) is 14.0. The molecule has 2 nitrogen and oxygen atoms in total. The summed E-state index contributed by atoms with van der Waals surface area (Å²) in [5.41, 5.74) is 2.81. The Bertz CT molecular complexity index is 565. The van der Waals surface area contributed by atoms with E-state index in [2.05, 4.69) is 11.7 Å². The van der Waals surface area contributed by atoms with Crippen LogP contribution in [0.1, 0.15) is 21.5 Å². The van der Waals surface area contributed by atoms with Crippen LogP contribution in [0.3, 0.4) is 0 Å². The maximum absolute atomic E-state index is 12.0. The van der Waals surface area contributed by atoms with Gasteiger partial charge in [0, 0.05) is 5.56 Å². The summed E-state index contributed by atoms with van der Waals surface area (Å²) >= 11 is 4.02. The first-order chi connectivity index (χ1) is 9.20. The molecule has 2 aromatic rings. The summed E-state index contributed by atoms with van der Waals surface area (Å²) in [5, 5.41) is 9.27. The number of carbonyl (C=O) groups is 1. The molecular formula is C15H14O2S2. The standard InChI is InChI=1S/C15H14O2S2/c16-13-7-5-11(6-8-13)9-12-3-1-2-4-14(12)15(17)10-19-18/h1-8,16,18H,9-10H2. The number of hydrogen-bond acceptors (Lipinski definition) is 4. The molecule has 0 unspecified atom stereocenters. The van der Waals surface area contributed by atoms with Crippen molar-refractivity contribution in [2.45, 2.75) is 6.42 Å². The Morgan fingerprint density at radius 2 is 1.79 bits per heavy atom. The Hall–Kier alpha value is -1.39. The molecule has 0 aliphatic heterocycles. The number of phenolic OH excluding ortho intramolecular Hbond substituents is 1. The maximum atomic E-state index is 12.0. The van der Waals surface area contributed by atoms with Crippen LogP contribution in [0.15, 0.2) is 48.5 Å². The van der Waals surface area contributed by atoms with Crippen LogP contribution < -0.4 is 0 Å². The highest BCUT2D eigenvalue weighted by molar-refractivity contribution is 8.68. The third-order valence-corrected chi connectivity index (χ3v) is 3.62. The van der Waals surface area contributed by atoms with Gasteiger partial charge in [0.2, 0.25) is 0 Å². The molecule has 0 aliphatic carbocycles. The van der Waals surface area contributed by atoms with Gasteiger partial charge in [-0.3, -0.25) is 4.79 Å². The van der Waals surface area contributed by atoms with Crippen LogP contribution in [0.25, 0.3) is 0 Å². The molecule has 2 rings (SSSR count). The van der Waals surface area contributed by atoms with Crippen LogP contribution in [-0.2, 0) is 6.42 Å². The predicted octanol–water partition coefficient (Wildman–Crippen LogP) is 3.74. The first-order valence-corrected chi connectivity index (χ1v) is 7.90. The van der Waals surface area contributed by atoms with Crippen molar-refractivity contribution in [3.05, 3.63) is 65.2 Å². The van der Waals surface area contributed by atoms with Gasteiger partial charge in [-0.2, -0.15) is 0 Å². The molecule has 0 atom stereocenters. The van der Waals surface area contributed by atoms with E-state index in [9.17, 15) is 9.90 Å². The third-order valence-electron chi connectivity index (χ3n) is 2.84. The number of aromatic hydroxyl groups is 1. The summed E-state index contributed by atoms with van der Waals surface area (Å²) in [6.45, 7) is 0. The van der Waals surface area contributed by atoms with E-state index >= 15 is 0 Å². The van der Waals surface area contributed by atoms with Gasteiger partial charge >= 0.3 is 0 Å². The lowest BCUT2D eigenvalue weighted by atomic mass is 9.98.